The monoisotopic (exact) mass is 407 g/mol. The summed E-state index contributed by atoms with van der Waals surface area (Å²) >= 11 is 5.58. The second-order valence-electron chi connectivity index (χ2n) is 5.03. The number of hydrogen-bond acceptors (Lipinski definition) is 4. The zero-order valence-corrected chi connectivity index (χ0v) is 12.7. The Kier molecular flexibility index (Phi) is 4.64. The van der Waals surface area contributed by atoms with Gasteiger partial charge in [0.05, 0.1) is 12.4 Å². The van der Waals surface area contributed by atoms with E-state index in [1.54, 1.807) is 0 Å². The molecule has 0 N–H and O–H groups in total. The SMILES string of the molecule is O=c1c(F)c(C(F)(F)F)ncn1C1C=CC([N+](=O)[O-])(C(F)(F)F)C=C1Cl. The molecule has 0 bridgehead atoms. The number of allylic oxidation sites excluding steroid dienone is 2. The highest BCUT2D eigenvalue weighted by molar-refractivity contribution is 6.30. The first-order valence-corrected chi connectivity index (χ1v) is 6.73. The lowest BCUT2D eigenvalue weighted by Gasteiger charge is -2.27. The molecular weight excluding hydrogens is 403 g/mol. The number of halogens is 8. The summed E-state index contributed by atoms with van der Waals surface area (Å²) in [7, 11) is 0. The van der Waals surface area contributed by atoms with Gasteiger partial charge in [-0.1, -0.05) is 17.7 Å². The van der Waals surface area contributed by atoms with Crippen molar-refractivity contribution in [2.45, 2.75) is 23.9 Å². The number of hydrogen-bond donors (Lipinski definition) is 0. The zero-order valence-electron chi connectivity index (χ0n) is 12.0. The van der Waals surface area contributed by atoms with Crippen LogP contribution in [0.2, 0.25) is 0 Å². The van der Waals surface area contributed by atoms with Crippen LogP contribution in [-0.2, 0) is 6.18 Å². The van der Waals surface area contributed by atoms with E-state index in [0.717, 1.165) is 0 Å². The van der Waals surface area contributed by atoms with E-state index in [4.69, 9.17) is 11.6 Å². The van der Waals surface area contributed by atoms with Crippen LogP contribution in [-0.4, -0.2) is 26.2 Å². The number of rotatable bonds is 2. The molecule has 0 saturated carbocycles. The summed E-state index contributed by atoms with van der Waals surface area (Å²) in [4.78, 5) is 23.6. The van der Waals surface area contributed by atoms with E-state index in [2.05, 4.69) is 4.98 Å². The summed E-state index contributed by atoms with van der Waals surface area (Å²) in [5.74, 6) is -2.29. The van der Waals surface area contributed by atoms with Crippen molar-refractivity contribution >= 4 is 11.6 Å². The van der Waals surface area contributed by atoms with Crippen molar-refractivity contribution in [3.05, 3.63) is 61.6 Å². The Bertz CT molecular complexity index is 874. The third-order valence-corrected chi connectivity index (χ3v) is 3.77. The average Bonchev–Trinajstić information content (AvgIpc) is 2.47. The molecule has 6 nitrogen and oxygen atoms in total. The minimum absolute atomic E-state index is 0.0266. The highest BCUT2D eigenvalue weighted by atomic mass is 35.5. The zero-order chi connectivity index (χ0) is 20.1. The van der Waals surface area contributed by atoms with Crippen molar-refractivity contribution < 1.29 is 35.7 Å². The molecule has 0 aliphatic heterocycles. The van der Waals surface area contributed by atoms with Gasteiger partial charge < -0.3 is 0 Å². The minimum atomic E-state index is -5.40. The van der Waals surface area contributed by atoms with Gasteiger partial charge in [0.1, 0.15) is 0 Å². The Morgan fingerprint density at radius 3 is 2.27 bits per heavy atom. The van der Waals surface area contributed by atoms with Gasteiger partial charge in [0.25, 0.3) is 5.56 Å². The van der Waals surface area contributed by atoms with Gasteiger partial charge in [0.15, 0.2) is 5.69 Å². The van der Waals surface area contributed by atoms with Gasteiger partial charge in [-0.15, -0.1) is 0 Å². The van der Waals surface area contributed by atoms with Crippen molar-refractivity contribution in [3.63, 3.8) is 0 Å². The smallest absolute Gasteiger partial charge is 0.285 e. The molecule has 0 radical (unpaired) electrons. The largest absolute Gasteiger partial charge is 0.468 e. The third kappa shape index (κ3) is 3.06. The maximum atomic E-state index is 13.6. The highest BCUT2D eigenvalue weighted by Gasteiger charge is 2.64. The summed E-state index contributed by atoms with van der Waals surface area (Å²) in [6, 6.07) is -1.70. The third-order valence-electron chi connectivity index (χ3n) is 3.44. The molecule has 0 amide bonds. The summed E-state index contributed by atoms with van der Waals surface area (Å²) in [5.41, 5.74) is -7.68. The van der Waals surface area contributed by atoms with Gasteiger partial charge >= 0.3 is 17.9 Å². The van der Waals surface area contributed by atoms with Crippen LogP contribution in [0.5, 0.6) is 0 Å². The summed E-state index contributed by atoms with van der Waals surface area (Å²) < 4.78 is 90.3. The van der Waals surface area contributed by atoms with Crippen molar-refractivity contribution in [3.8, 4) is 0 Å². The summed E-state index contributed by atoms with van der Waals surface area (Å²) in [5, 5.41) is 9.93. The highest BCUT2D eigenvalue weighted by Crippen LogP contribution is 2.42. The second-order valence-corrected chi connectivity index (χ2v) is 5.47. The van der Waals surface area contributed by atoms with Gasteiger partial charge in [0.2, 0.25) is 5.82 Å². The fraction of sp³-hybridized carbons (Fsp3) is 0.333. The summed E-state index contributed by atoms with van der Waals surface area (Å²) in [6.45, 7) is 0. The van der Waals surface area contributed by atoms with Crippen molar-refractivity contribution in [2.75, 3.05) is 0 Å². The molecule has 1 aliphatic carbocycles. The Balaban J connectivity index is 2.57. The first kappa shape index (κ1) is 19.9. The van der Waals surface area contributed by atoms with Gasteiger partial charge in [-0.05, 0) is 0 Å². The summed E-state index contributed by atoms with van der Waals surface area (Å²) in [6.07, 6.45) is -9.96. The van der Waals surface area contributed by atoms with Crippen LogP contribution < -0.4 is 5.56 Å². The standard InChI is InChI=1S/C12H5ClF7N3O3/c13-5-3-10(23(25)26,12(18,19)20)2-1-6(5)22-4-21-8(11(15,16)17)7(14)9(22)24/h1-4,6H. The van der Waals surface area contributed by atoms with Crippen molar-refractivity contribution in [2.24, 2.45) is 0 Å². The van der Waals surface area contributed by atoms with E-state index in [1.807, 2.05) is 0 Å². The van der Waals surface area contributed by atoms with Crippen LogP contribution in [0.25, 0.3) is 0 Å². The Hall–Kier alpha value is -2.44. The second kappa shape index (κ2) is 6.07. The molecule has 14 heteroatoms. The van der Waals surface area contributed by atoms with E-state index < -0.39 is 51.0 Å². The van der Waals surface area contributed by atoms with Gasteiger partial charge in [0, 0.05) is 22.1 Å². The number of alkyl halides is 6. The van der Waals surface area contributed by atoms with Gasteiger partial charge in [-0.25, -0.2) is 4.98 Å². The maximum absolute atomic E-state index is 13.6. The predicted octanol–water partition coefficient (Wildman–Crippen LogP) is 3.21. The molecule has 0 aromatic carbocycles. The Labute approximate surface area is 143 Å². The first-order valence-electron chi connectivity index (χ1n) is 6.35. The molecule has 1 aromatic heterocycles. The van der Waals surface area contributed by atoms with E-state index in [9.17, 15) is 45.6 Å². The number of nitrogens with zero attached hydrogens (tertiary/aromatic N) is 3. The number of aromatic nitrogens is 2. The molecule has 0 fully saturated rings. The maximum Gasteiger partial charge on any atom is 0.468 e. The lowest BCUT2D eigenvalue weighted by atomic mass is 9.92. The van der Waals surface area contributed by atoms with E-state index in [0.29, 0.717) is 6.08 Å². The molecule has 0 spiro atoms. The fourth-order valence-corrected chi connectivity index (χ4v) is 2.48. The predicted molar refractivity (Wildman–Crippen MR) is 71.4 cm³/mol. The molecular formula is C12H5ClF7N3O3. The average molecular weight is 408 g/mol. The van der Waals surface area contributed by atoms with E-state index in [1.165, 1.54) is 0 Å². The Morgan fingerprint density at radius 2 is 1.85 bits per heavy atom. The molecule has 2 atom stereocenters. The van der Waals surface area contributed by atoms with E-state index >= 15 is 0 Å². The molecule has 26 heavy (non-hydrogen) atoms. The topological polar surface area (TPSA) is 78.0 Å². The van der Waals surface area contributed by atoms with Crippen LogP contribution >= 0.6 is 11.6 Å². The first-order chi connectivity index (χ1) is 11.7. The molecule has 2 unspecified atom stereocenters. The minimum Gasteiger partial charge on any atom is -0.285 e. The molecule has 142 valence electrons. The van der Waals surface area contributed by atoms with Crippen molar-refractivity contribution in [1.82, 2.24) is 9.55 Å². The lowest BCUT2D eigenvalue weighted by molar-refractivity contribution is -0.582. The van der Waals surface area contributed by atoms with Gasteiger partial charge in [-0.2, -0.15) is 30.7 Å². The lowest BCUT2D eigenvalue weighted by Crippen LogP contribution is -2.50. The van der Waals surface area contributed by atoms with E-state index in [-0.39, 0.29) is 23.0 Å². The van der Waals surface area contributed by atoms with Crippen LogP contribution in [0.3, 0.4) is 0 Å². The molecule has 1 heterocycles. The fourth-order valence-electron chi connectivity index (χ4n) is 2.13. The van der Waals surface area contributed by atoms with Crippen LogP contribution in [0.1, 0.15) is 11.7 Å². The molecule has 2 rings (SSSR count). The molecule has 0 saturated heterocycles. The van der Waals surface area contributed by atoms with Crippen LogP contribution in [0.4, 0.5) is 30.7 Å². The molecule has 1 aromatic rings. The van der Waals surface area contributed by atoms with Crippen LogP contribution in [0.15, 0.2) is 34.4 Å². The number of nitro groups is 1. The van der Waals surface area contributed by atoms with Crippen molar-refractivity contribution in [1.29, 1.82) is 0 Å². The quantitative estimate of drug-likeness (QED) is 0.326. The normalized spacial score (nSPS) is 23.7. The molecule has 1 aliphatic rings. The Morgan fingerprint density at radius 1 is 1.27 bits per heavy atom. The van der Waals surface area contributed by atoms with Crippen LogP contribution in [0, 0.1) is 15.9 Å². The van der Waals surface area contributed by atoms with Gasteiger partial charge in [-0.3, -0.25) is 19.5 Å².